The van der Waals surface area contributed by atoms with Crippen molar-refractivity contribution in [3.05, 3.63) is 64.5 Å². The van der Waals surface area contributed by atoms with Crippen LogP contribution in [0.2, 0.25) is 5.02 Å². The predicted molar refractivity (Wildman–Crippen MR) is 110 cm³/mol. The number of carbonyl (C=O) groups excluding carboxylic acids is 1. The number of hydrogen-bond donors (Lipinski definition) is 1. The van der Waals surface area contributed by atoms with Crippen molar-refractivity contribution in [2.75, 3.05) is 18.0 Å². The summed E-state index contributed by atoms with van der Waals surface area (Å²) in [5, 5.41) is 4.42. The Morgan fingerprint density at radius 3 is 2.62 bits per heavy atom. The van der Waals surface area contributed by atoms with Crippen molar-refractivity contribution in [2.24, 2.45) is 0 Å². The van der Waals surface area contributed by atoms with Gasteiger partial charge < -0.3 is 9.42 Å². The first-order valence-corrected chi connectivity index (χ1v) is 10.8. The van der Waals surface area contributed by atoms with Crippen LogP contribution < -0.4 is 4.72 Å². The Labute approximate surface area is 173 Å². The van der Waals surface area contributed by atoms with Gasteiger partial charge in [0.2, 0.25) is 21.7 Å². The molecule has 29 heavy (non-hydrogen) atoms. The van der Waals surface area contributed by atoms with Crippen molar-refractivity contribution in [3.8, 4) is 11.4 Å². The van der Waals surface area contributed by atoms with Gasteiger partial charge in [0.1, 0.15) is 0 Å². The highest BCUT2D eigenvalue weighted by atomic mass is 35.5. The summed E-state index contributed by atoms with van der Waals surface area (Å²) in [4.78, 5) is 18.4. The van der Waals surface area contributed by atoms with E-state index in [2.05, 4.69) is 14.9 Å². The van der Waals surface area contributed by atoms with Gasteiger partial charge in [0.15, 0.2) is 0 Å². The Bertz CT molecular complexity index is 1160. The molecular weight excluding hydrogens is 416 g/mol. The number of halogens is 1. The molecule has 3 rings (SSSR count). The van der Waals surface area contributed by atoms with Crippen LogP contribution in [0.3, 0.4) is 0 Å². The Hall–Kier alpha value is -2.91. The Kier molecular flexibility index (Phi) is 5.90. The van der Waals surface area contributed by atoms with Crippen molar-refractivity contribution < 1.29 is 17.7 Å². The Balaban J connectivity index is 1.73. The van der Waals surface area contributed by atoms with Gasteiger partial charge in [-0.25, -0.2) is 8.42 Å². The number of aromatic nitrogens is 2. The Morgan fingerprint density at radius 1 is 1.24 bits per heavy atom. The van der Waals surface area contributed by atoms with E-state index in [1.165, 1.54) is 4.90 Å². The molecule has 0 saturated carbocycles. The van der Waals surface area contributed by atoms with Crippen molar-refractivity contribution in [1.82, 2.24) is 15.0 Å². The van der Waals surface area contributed by atoms with Gasteiger partial charge >= 0.3 is 0 Å². The van der Waals surface area contributed by atoms with Gasteiger partial charge in [0, 0.05) is 18.2 Å². The van der Waals surface area contributed by atoms with Gasteiger partial charge in [0.05, 0.1) is 23.5 Å². The van der Waals surface area contributed by atoms with Crippen molar-refractivity contribution in [3.63, 3.8) is 0 Å². The second-order valence-electron chi connectivity index (χ2n) is 6.56. The lowest BCUT2D eigenvalue weighted by Crippen LogP contribution is -2.26. The second kappa shape index (κ2) is 8.22. The highest BCUT2D eigenvalue weighted by Crippen LogP contribution is 2.25. The summed E-state index contributed by atoms with van der Waals surface area (Å²) in [5.41, 5.74) is 2.11. The average Bonchev–Trinajstić information content (AvgIpc) is 3.10. The maximum absolute atomic E-state index is 12.7. The van der Waals surface area contributed by atoms with Crippen LogP contribution >= 0.6 is 11.6 Å². The smallest absolute Gasteiger partial charge is 0.254 e. The molecule has 0 unspecified atom stereocenters. The summed E-state index contributed by atoms with van der Waals surface area (Å²) in [5.74, 6) is 0.345. The van der Waals surface area contributed by atoms with E-state index in [9.17, 15) is 13.2 Å². The number of carbonyl (C=O) groups is 1. The fourth-order valence-electron chi connectivity index (χ4n) is 2.68. The molecule has 1 amide bonds. The summed E-state index contributed by atoms with van der Waals surface area (Å²) in [7, 11) is -1.79. The first-order chi connectivity index (χ1) is 13.6. The summed E-state index contributed by atoms with van der Waals surface area (Å²) >= 11 is 6.14. The number of nitrogens with one attached hydrogen (secondary N) is 1. The van der Waals surface area contributed by atoms with E-state index in [1.807, 2.05) is 6.07 Å². The summed E-state index contributed by atoms with van der Waals surface area (Å²) in [6.45, 7) is 1.83. The van der Waals surface area contributed by atoms with Gasteiger partial charge in [0.25, 0.3) is 5.91 Å². The van der Waals surface area contributed by atoms with E-state index < -0.39 is 10.0 Å². The third kappa shape index (κ3) is 5.12. The van der Waals surface area contributed by atoms with E-state index in [0.29, 0.717) is 33.2 Å². The summed E-state index contributed by atoms with van der Waals surface area (Å²) in [6, 6.07) is 11.9. The molecule has 0 radical (unpaired) electrons. The lowest BCUT2D eigenvalue weighted by atomic mass is 10.1. The van der Waals surface area contributed by atoms with Gasteiger partial charge in [-0.05, 0) is 42.8 Å². The average molecular weight is 435 g/mol. The number of rotatable bonds is 6. The number of amides is 1. The molecule has 0 aliphatic carbocycles. The molecular formula is C19H19ClN4O4S. The molecule has 0 saturated heterocycles. The number of anilines is 1. The standard InChI is InChI=1S/C19H19ClN4O4S/c1-12-10-13(8-9-16(12)23-29(3,26)27)19(25)24(2)11-17-21-18(22-28-17)14-6-4-5-7-15(14)20/h4-10,23H,11H2,1-3H3. The van der Waals surface area contributed by atoms with Crippen molar-refractivity contribution in [2.45, 2.75) is 13.5 Å². The fraction of sp³-hybridized carbons (Fsp3) is 0.211. The zero-order valence-corrected chi connectivity index (χ0v) is 17.6. The zero-order valence-electron chi connectivity index (χ0n) is 16.0. The number of benzene rings is 2. The van der Waals surface area contributed by atoms with Crippen LogP contribution in [0.4, 0.5) is 5.69 Å². The third-order valence-corrected chi connectivity index (χ3v) is 4.99. The van der Waals surface area contributed by atoms with Crippen LogP contribution in [0.1, 0.15) is 21.8 Å². The van der Waals surface area contributed by atoms with E-state index in [0.717, 1.165) is 6.26 Å². The van der Waals surface area contributed by atoms with Crippen LogP contribution in [0.15, 0.2) is 47.0 Å². The molecule has 0 atom stereocenters. The van der Waals surface area contributed by atoms with Gasteiger partial charge in [-0.15, -0.1) is 0 Å². The largest absolute Gasteiger partial charge is 0.337 e. The normalized spacial score (nSPS) is 11.3. The molecule has 0 aliphatic heterocycles. The molecule has 10 heteroatoms. The van der Waals surface area contributed by atoms with Crippen LogP contribution in [0, 0.1) is 6.92 Å². The topological polar surface area (TPSA) is 105 Å². The molecule has 8 nitrogen and oxygen atoms in total. The monoisotopic (exact) mass is 434 g/mol. The molecule has 1 N–H and O–H groups in total. The lowest BCUT2D eigenvalue weighted by Gasteiger charge is -2.16. The zero-order chi connectivity index (χ0) is 21.2. The number of hydrogen-bond acceptors (Lipinski definition) is 6. The van der Waals surface area contributed by atoms with Crippen LogP contribution in [0.5, 0.6) is 0 Å². The van der Waals surface area contributed by atoms with Crippen molar-refractivity contribution in [1.29, 1.82) is 0 Å². The van der Waals surface area contributed by atoms with Gasteiger partial charge in [-0.1, -0.05) is 28.9 Å². The molecule has 0 aliphatic rings. The number of aryl methyl sites for hydroxylation is 1. The molecule has 3 aromatic rings. The molecule has 1 heterocycles. The quantitative estimate of drug-likeness (QED) is 0.637. The SMILES string of the molecule is Cc1cc(C(=O)N(C)Cc2nc(-c3ccccc3Cl)no2)ccc1NS(C)(=O)=O. The molecule has 2 aromatic carbocycles. The predicted octanol–water partition coefficient (Wildman–Crippen LogP) is 3.34. The van der Waals surface area contributed by atoms with Gasteiger partial charge in [-0.2, -0.15) is 4.98 Å². The lowest BCUT2D eigenvalue weighted by molar-refractivity contribution is 0.0769. The molecule has 0 bridgehead atoms. The van der Waals surface area contributed by atoms with Crippen LogP contribution in [0.25, 0.3) is 11.4 Å². The first kappa shape index (κ1) is 20.8. The molecule has 152 valence electrons. The van der Waals surface area contributed by atoms with Crippen LogP contribution in [-0.4, -0.2) is 42.7 Å². The highest BCUT2D eigenvalue weighted by Gasteiger charge is 2.18. The van der Waals surface area contributed by atoms with E-state index in [1.54, 1.807) is 50.4 Å². The van der Waals surface area contributed by atoms with Gasteiger partial charge in [-0.3, -0.25) is 9.52 Å². The minimum absolute atomic E-state index is 0.110. The summed E-state index contributed by atoms with van der Waals surface area (Å²) < 4.78 is 30.4. The minimum atomic E-state index is -3.40. The minimum Gasteiger partial charge on any atom is -0.337 e. The second-order valence-corrected chi connectivity index (χ2v) is 8.71. The fourth-order valence-corrected chi connectivity index (χ4v) is 3.53. The molecule has 1 aromatic heterocycles. The number of nitrogens with zero attached hydrogens (tertiary/aromatic N) is 3. The van der Waals surface area contributed by atoms with E-state index in [4.69, 9.17) is 16.1 Å². The van der Waals surface area contributed by atoms with Crippen LogP contribution in [-0.2, 0) is 16.6 Å². The summed E-state index contributed by atoms with van der Waals surface area (Å²) in [6.07, 6.45) is 1.07. The Morgan fingerprint density at radius 2 is 1.97 bits per heavy atom. The maximum Gasteiger partial charge on any atom is 0.254 e. The van der Waals surface area contributed by atoms with E-state index >= 15 is 0 Å². The first-order valence-electron chi connectivity index (χ1n) is 8.55. The third-order valence-electron chi connectivity index (χ3n) is 4.07. The van der Waals surface area contributed by atoms with E-state index in [-0.39, 0.29) is 18.3 Å². The maximum atomic E-state index is 12.7. The molecule has 0 spiro atoms. The van der Waals surface area contributed by atoms with Crippen molar-refractivity contribution >= 4 is 33.2 Å². The number of sulfonamides is 1. The highest BCUT2D eigenvalue weighted by molar-refractivity contribution is 7.92. The molecule has 0 fully saturated rings.